The van der Waals surface area contributed by atoms with Crippen LogP contribution in [0.25, 0.3) is 21.9 Å². The molecular formula is C24H27NO6. The molecule has 31 heavy (non-hydrogen) atoms. The predicted molar refractivity (Wildman–Crippen MR) is 121 cm³/mol. The smallest absolute Gasteiger partial charge is 0.414 e. The number of fused-ring (bicyclic) bond motifs is 1. The minimum Gasteiger partial charge on any atom is -0.493 e. The van der Waals surface area contributed by atoms with Crippen molar-refractivity contribution in [2.24, 2.45) is 0 Å². The SMILES string of the molecule is CCOC(=O)N(C)c1c(-c2ccc(OC)c(OC)c2)ccc2cc(OC)c(OC)cc12. The molecule has 0 N–H and O–H groups in total. The van der Waals surface area contributed by atoms with Gasteiger partial charge in [0.1, 0.15) is 0 Å². The number of hydrogen-bond donors (Lipinski definition) is 0. The van der Waals surface area contributed by atoms with Crippen LogP contribution in [0.15, 0.2) is 42.5 Å². The number of carbonyl (C=O) groups is 1. The maximum Gasteiger partial charge on any atom is 0.414 e. The lowest BCUT2D eigenvalue weighted by Crippen LogP contribution is -2.27. The van der Waals surface area contributed by atoms with Gasteiger partial charge in [0.15, 0.2) is 23.0 Å². The normalized spacial score (nSPS) is 10.5. The van der Waals surface area contributed by atoms with Crippen molar-refractivity contribution in [3.8, 4) is 34.1 Å². The topological polar surface area (TPSA) is 66.5 Å². The van der Waals surface area contributed by atoms with Crippen molar-refractivity contribution < 1.29 is 28.5 Å². The number of methoxy groups -OCH3 is 4. The number of ether oxygens (including phenoxy) is 5. The third-order valence-corrected chi connectivity index (χ3v) is 5.07. The highest BCUT2D eigenvalue weighted by Crippen LogP contribution is 2.43. The van der Waals surface area contributed by atoms with Gasteiger partial charge in [-0.05, 0) is 42.1 Å². The Morgan fingerprint density at radius 3 is 2.03 bits per heavy atom. The average molecular weight is 425 g/mol. The highest BCUT2D eigenvalue weighted by molar-refractivity contribution is 6.08. The minimum absolute atomic E-state index is 0.275. The van der Waals surface area contributed by atoms with Crippen LogP contribution < -0.4 is 23.8 Å². The zero-order valence-electron chi connectivity index (χ0n) is 18.6. The lowest BCUT2D eigenvalue weighted by Gasteiger charge is -2.23. The number of carbonyl (C=O) groups excluding carboxylic acids is 1. The lowest BCUT2D eigenvalue weighted by atomic mass is 9.97. The fourth-order valence-electron chi connectivity index (χ4n) is 3.54. The average Bonchev–Trinajstić information content (AvgIpc) is 2.81. The Hall–Kier alpha value is -3.61. The summed E-state index contributed by atoms with van der Waals surface area (Å²) in [5.41, 5.74) is 2.38. The van der Waals surface area contributed by atoms with E-state index in [2.05, 4.69) is 0 Å². The van der Waals surface area contributed by atoms with E-state index < -0.39 is 6.09 Å². The molecule has 1 amide bonds. The Labute approximate surface area is 182 Å². The summed E-state index contributed by atoms with van der Waals surface area (Å²) in [6.07, 6.45) is -0.452. The highest BCUT2D eigenvalue weighted by Gasteiger charge is 2.22. The molecular weight excluding hydrogens is 398 g/mol. The van der Waals surface area contributed by atoms with Gasteiger partial charge in [0.25, 0.3) is 0 Å². The van der Waals surface area contributed by atoms with Crippen molar-refractivity contribution in [2.75, 3.05) is 47.0 Å². The summed E-state index contributed by atoms with van der Waals surface area (Å²) in [5.74, 6) is 2.40. The first kappa shape index (κ1) is 22.1. The van der Waals surface area contributed by atoms with Crippen LogP contribution in [0.4, 0.5) is 10.5 Å². The van der Waals surface area contributed by atoms with Crippen molar-refractivity contribution in [2.45, 2.75) is 6.92 Å². The van der Waals surface area contributed by atoms with E-state index in [1.807, 2.05) is 42.5 Å². The predicted octanol–water partition coefficient (Wildman–Crippen LogP) is 5.13. The quantitative estimate of drug-likeness (QED) is 0.523. The fourth-order valence-corrected chi connectivity index (χ4v) is 3.54. The third-order valence-electron chi connectivity index (χ3n) is 5.07. The second kappa shape index (κ2) is 9.47. The molecule has 0 saturated carbocycles. The molecule has 3 aromatic carbocycles. The molecule has 0 spiro atoms. The van der Waals surface area contributed by atoms with Crippen molar-refractivity contribution in [1.29, 1.82) is 0 Å². The monoisotopic (exact) mass is 425 g/mol. The molecule has 3 aromatic rings. The molecule has 7 heteroatoms. The summed E-state index contributed by atoms with van der Waals surface area (Å²) < 4.78 is 27.0. The van der Waals surface area contributed by atoms with Crippen molar-refractivity contribution in [1.82, 2.24) is 0 Å². The molecule has 0 bridgehead atoms. The van der Waals surface area contributed by atoms with Gasteiger partial charge in [-0.3, -0.25) is 4.90 Å². The molecule has 0 atom stereocenters. The molecule has 0 saturated heterocycles. The molecule has 164 valence electrons. The van der Waals surface area contributed by atoms with Crippen LogP contribution in [0.3, 0.4) is 0 Å². The van der Waals surface area contributed by atoms with Gasteiger partial charge >= 0.3 is 6.09 Å². The summed E-state index contributed by atoms with van der Waals surface area (Å²) in [7, 11) is 8.04. The summed E-state index contributed by atoms with van der Waals surface area (Å²) in [6.45, 7) is 2.05. The van der Waals surface area contributed by atoms with Gasteiger partial charge < -0.3 is 23.7 Å². The maximum atomic E-state index is 12.7. The molecule has 0 unspecified atom stereocenters. The fraction of sp³-hybridized carbons (Fsp3) is 0.292. The summed E-state index contributed by atoms with van der Waals surface area (Å²) in [5, 5.41) is 1.72. The zero-order chi connectivity index (χ0) is 22.5. The molecule has 0 aliphatic heterocycles. The first-order valence-electron chi connectivity index (χ1n) is 9.80. The van der Waals surface area contributed by atoms with Crippen molar-refractivity contribution >= 4 is 22.6 Å². The van der Waals surface area contributed by atoms with E-state index in [4.69, 9.17) is 23.7 Å². The molecule has 0 heterocycles. The summed E-state index contributed by atoms with van der Waals surface area (Å²) in [6, 6.07) is 13.3. The van der Waals surface area contributed by atoms with Gasteiger partial charge in [-0.25, -0.2) is 4.79 Å². The van der Waals surface area contributed by atoms with E-state index in [0.717, 1.165) is 21.9 Å². The molecule has 0 radical (unpaired) electrons. The summed E-state index contributed by atoms with van der Waals surface area (Å²) in [4.78, 5) is 14.2. The second-order valence-corrected chi connectivity index (χ2v) is 6.72. The Bertz CT molecular complexity index is 1100. The number of anilines is 1. The van der Waals surface area contributed by atoms with Crippen LogP contribution in [0.5, 0.6) is 23.0 Å². The first-order valence-corrected chi connectivity index (χ1v) is 9.80. The van der Waals surface area contributed by atoms with Gasteiger partial charge in [0, 0.05) is 18.0 Å². The lowest BCUT2D eigenvalue weighted by molar-refractivity contribution is 0.161. The third kappa shape index (κ3) is 4.17. The van der Waals surface area contributed by atoms with E-state index in [1.165, 1.54) is 4.90 Å². The van der Waals surface area contributed by atoms with Gasteiger partial charge in [-0.2, -0.15) is 0 Å². The van der Waals surface area contributed by atoms with E-state index in [0.29, 0.717) is 28.7 Å². The minimum atomic E-state index is -0.452. The number of benzene rings is 3. The van der Waals surface area contributed by atoms with Crippen LogP contribution in [0.1, 0.15) is 6.92 Å². The molecule has 0 aromatic heterocycles. The number of hydrogen-bond acceptors (Lipinski definition) is 6. The van der Waals surface area contributed by atoms with Crippen molar-refractivity contribution in [3.63, 3.8) is 0 Å². The molecule has 0 fully saturated rings. The zero-order valence-corrected chi connectivity index (χ0v) is 18.6. The van der Waals surface area contributed by atoms with Gasteiger partial charge in [0.2, 0.25) is 0 Å². The summed E-state index contributed by atoms with van der Waals surface area (Å²) >= 11 is 0. The Kier molecular flexibility index (Phi) is 6.74. The molecule has 0 aliphatic carbocycles. The molecule has 3 rings (SSSR count). The van der Waals surface area contributed by atoms with Crippen LogP contribution in [0.2, 0.25) is 0 Å². The van der Waals surface area contributed by atoms with E-state index in [1.54, 1.807) is 42.4 Å². The Balaban J connectivity index is 2.32. The number of rotatable bonds is 7. The first-order chi connectivity index (χ1) is 15.0. The van der Waals surface area contributed by atoms with Crippen LogP contribution in [-0.4, -0.2) is 48.2 Å². The van der Waals surface area contributed by atoms with Crippen LogP contribution >= 0.6 is 0 Å². The Morgan fingerprint density at radius 1 is 0.806 bits per heavy atom. The number of amides is 1. The Morgan fingerprint density at radius 2 is 1.42 bits per heavy atom. The number of nitrogens with zero attached hydrogens (tertiary/aromatic N) is 1. The second-order valence-electron chi connectivity index (χ2n) is 6.72. The highest BCUT2D eigenvalue weighted by atomic mass is 16.6. The van der Waals surface area contributed by atoms with E-state index in [9.17, 15) is 4.79 Å². The molecule has 0 aliphatic rings. The molecule has 7 nitrogen and oxygen atoms in total. The largest absolute Gasteiger partial charge is 0.493 e. The van der Waals surface area contributed by atoms with E-state index in [-0.39, 0.29) is 6.61 Å². The standard InChI is InChI=1S/C24H27NO6/c1-7-31-24(26)25(2)23-17(15-9-11-19(27-3)20(12-15)28-4)10-8-16-13-21(29-5)22(30-6)14-18(16)23/h8-14H,7H2,1-6H3. The van der Waals surface area contributed by atoms with Gasteiger partial charge in [0.05, 0.1) is 40.7 Å². The van der Waals surface area contributed by atoms with Crippen LogP contribution in [0, 0.1) is 0 Å². The van der Waals surface area contributed by atoms with Crippen LogP contribution in [-0.2, 0) is 4.74 Å². The van der Waals surface area contributed by atoms with E-state index >= 15 is 0 Å². The van der Waals surface area contributed by atoms with Gasteiger partial charge in [-0.1, -0.05) is 18.2 Å². The van der Waals surface area contributed by atoms with Crippen molar-refractivity contribution in [3.05, 3.63) is 42.5 Å². The van der Waals surface area contributed by atoms with Gasteiger partial charge in [-0.15, -0.1) is 0 Å². The maximum absolute atomic E-state index is 12.7.